The van der Waals surface area contributed by atoms with Crippen molar-refractivity contribution in [1.82, 2.24) is 14.5 Å². The van der Waals surface area contributed by atoms with E-state index in [0.29, 0.717) is 5.95 Å². The normalized spacial score (nSPS) is 11.9. The molecule has 7 aromatic carbocycles. The molecule has 0 saturated carbocycles. The lowest BCUT2D eigenvalue weighted by atomic mass is 9.99. The van der Waals surface area contributed by atoms with E-state index in [2.05, 4.69) is 150 Å². The minimum atomic E-state index is 0.670. The molecule has 0 spiro atoms. The first-order chi connectivity index (χ1) is 22.8. The quantitative estimate of drug-likeness (QED) is 0.201. The van der Waals surface area contributed by atoms with Gasteiger partial charge in [-0.15, -0.1) is 11.3 Å². The van der Waals surface area contributed by atoms with Gasteiger partial charge in [-0.25, -0.2) is 9.97 Å². The van der Waals surface area contributed by atoms with Gasteiger partial charge in [-0.3, -0.25) is 4.57 Å². The molecule has 0 radical (unpaired) electrons. The number of benzene rings is 7. The smallest absolute Gasteiger partial charge is 0.235 e. The number of para-hydroxylation sites is 2. The molecule has 46 heavy (non-hydrogen) atoms. The summed E-state index contributed by atoms with van der Waals surface area (Å²) in [5, 5.41) is 8.51. The van der Waals surface area contributed by atoms with Crippen molar-refractivity contribution in [2.24, 2.45) is 0 Å². The van der Waals surface area contributed by atoms with E-state index >= 15 is 0 Å². The summed E-state index contributed by atoms with van der Waals surface area (Å²) in [6, 6.07) is 54.1. The van der Waals surface area contributed by atoms with Crippen molar-refractivity contribution in [2.75, 3.05) is 0 Å². The molecule has 4 heteroatoms. The molecule has 0 atom stereocenters. The minimum absolute atomic E-state index is 0.670. The molecular formula is C42H25N3S. The highest BCUT2D eigenvalue weighted by atomic mass is 32.1. The summed E-state index contributed by atoms with van der Waals surface area (Å²) in [6.45, 7) is 0. The second-order valence-corrected chi connectivity index (χ2v) is 12.9. The molecule has 10 aromatic rings. The minimum Gasteiger partial charge on any atom is -0.277 e. The van der Waals surface area contributed by atoms with Crippen LogP contribution in [0.25, 0.3) is 92.0 Å². The van der Waals surface area contributed by atoms with Gasteiger partial charge in [0.25, 0.3) is 0 Å². The number of rotatable bonds is 3. The Balaban J connectivity index is 1.35. The molecule has 0 amide bonds. The third kappa shape index (κ3) is 3.71. The Bertz CT molecular complexity index is 2810. The second-order valence-electron chi connectivity index (χ2n) is 11.8. The zero-order chi connectivity index (χ0) is 30.2. The van der Waals surface area contributed by atoms with Crippen molar-refractivity contribution >= 4 is 75.0 Å². The fourth-order valence-corrected chi connectivity index (χ4v) is 8.30. The van der Waals surface area contributed by atoms with Gasteiger partial charge in [0, 0.05) is 47.5 Å². The summed E-state index contributed by atoms with van der Waals surface area (Å²) >= 11 is 1.85. The SMILES string of the molecule is c1ccc(-c2nc(-n3c4ccc5ccccc5c4c4cccc(-c5ccc6c(c5)sc5ccccc56)c43)nc3ccccc23)cc1. The van der Waals surface area contributed by atoms with Gasteiger partial charge in [-0.05, 0) is 40.6 Å². The van der Waals surface area contributed by atoms with E-state index in [-0.39, 0.29) is 0 Å². The standard InChI is InChI=1S/C42H25N3S/c1-2-12-27(13-3-1)40-33-16-6-8-19-35(33)43-42(44-40)45-36-24-22-26-11-4-5-14-29(26)39(36)34-18-10-17-30(41(34)45)28-21-23-32-31-15-7-9-20-37(31)46-38(32)25-28/h1-25H. The van der Waals surface area contributed by atoms with Crippen molar-refractivity contribution in [1.29, 1.82) is 0 Å². The third-order valence-corrected chi connectivity index (χ3v) is 10.3. The van der Waals surface area contributed by atoms with E-state index in [0.717, 1.165) is 38.8 Å². The number of fused-ring (bicyclic) bond motifs is 9. The van der Waals surface area contributed by atoms with Crippen LogP contribution in [0, 0.1) is 0 Å². The van der Waals surface area contributed by atoms with Crippen molar-refractivity contribution < 1.29 is 0 Å². The van der Waals surface area contributed by atoms with Crippen LogP contribution >= 0.6 is 11.3 Å². The predicted molar refractivity (Wildman–Crippen MR) is 195 cm³/mol. The molecule has 10 rings (SSSR count). The van der Waals surface area contributed by atoms with Crippen LogP contribution in [0.5, 0.6) is 0 Å². The average Bonchev–Trinajstić information content (AvgIpc) is 3.67. The van der Waals surface area contributed by atoms with E-state index in [1.807, 2.05) is 17.4 Å². The Hall–Kier alpha value is -5.84. The van der Waals surface area contributed by atoms with Crippen LogP contribution in [0.3, 0.4) is 0 Å². The monoisotopic (exact) mass is 603 g/mol. The maximum absolute atomic E-state index is 5.36. The van der Waals surface area contributed by atoms with Crippen molar-refractivity contribution in [3.8, 4) is 28.3 Å². The van der Waals surface area contributed by atoms with Gasteiger partial charge in [-0.1, -0.05) is 127 Å². The Labute approximate surface area is 268 Å². The molecule has 214 valence electrons. The van der Waals surface area contributed by atoms with Crippen LogP contribution in [0.15, 0.2) is 152 Å². The van der Waals surface area contributed by atoms with E-state index in [1.165, 1.54) is 47.3 Å². The first-order valence-corrected chi connectivity index (χ1v) is 16.3. The Morgan fingerprint density at radius 3 is 2.13 bits per heavy atom. The highest BCUT2D eigenvalue weighted by Gasteiger charge is 2.21. The molecular weight excluding hydrogens is 579 g/mol. The average molecular weight is 604 g/mol. The summed E-state index contributed by atoms with van der Waals surface area (Å²) in [6.07, 6.45) is 0. The maximum Gasteiger partial charge on any atom is 0.235 e. The Morgan fingerprint density at radius 1 is 0.478 bits per heavy atom. The molecule has 0 aliphatic rings. The van der Waals surface area contributed by atoms with Gasteiger partial charge in [0.05, 0.1) is 22.2 Å². The zero-order valence-electron chi connectivity index (χ0n) is 24.7. The number of nitrogens with zero attached hydrogens (tertiary/aromatic N) is 3. The van der Waals surface area contributed by atoms with Crippen LogP contribution in [0.4, 0.5) is 0 Å². The fourth-order valence-electron chi connectivity index (χ4n) is 7.15. The third-order valence-electron chi connectivity index (χ3n) is 9.21. The lowest BCUT2D eigenvalue weighted by Crippen LogP contribution is -2.04. The Kier molecular flexibility index (Phi) is 5.45. The summed E-state index contributed by atoms with van der Waals surface area (Å²) < 4.78 is 4.89. The topological polar surface area (TPSA) is 30.7 Å². The van der Waals surface area contributed by atoms with Gasteiger partial charge in [0.15, 0.2) is 0 Å². The van der Waals surface area contributed by atoms with E-state index in [1.54, 1.807) is 0 Å². The molecule has 0 aliphatic heterocycles. The maximum atomic E-state index is 5.36. The van der Waals surface area contributed by atoms with Crippen LogP contribution in [-0.4, -0.2) is 14.5 Å². The van der Waals surface area contributed by atoms with Crippen LogP contribution < -0.4 is 0 Å². The first-order valence-electron chi connectivity index (χ1n) is 15.5. The summed E-state index contributed by atoms with van der Waals surface area (Å²) in [4.78, 5) is 10.6. The molecule has 0 bridgehead atoms. The predicted octanol–water partition coefficient (Wildman–Crippen LogP) is 11.6. The van der Waals surface area contributed by atoms with Crippen LogP contribution in [0.2, 0.25) is 0 Å². The van der Waals surface area contributed by atoms with Crippen LogP contribution in [-0.2, 0) is 0 Å². The lowest BCUT2D eigenvalue weighted by Gasteiger charge is -2.13. The molecule has 0 saturated heterocycles. The Morgan fingerprint density at radius 2 is 1.22 bits per heavy atom. The number of hydrogen-bond acceptors (Lipinski definition) is 3. The molecule has 0 unspecified atom stereocenters. The largest absolute Gasteiger partial charge is 0.277 e. The number of thiophene rings is 1. The van der Waals surface area contributed by atoms with E-state index < -0.39 is 0 Å². The zero-order valence-corrected chi connectivity index (χ0v) is 25.5. The van der Waals surface area contributed by atoms with Crippen molar-refractivity contribution in [3.63, 3.8) is 0 Å². The summed E-state index contributed by atoms with van der Waals surface area (Å²) in [7, 11) is 0. The van der Waals surface area contributed by atoms with Gasteiger partial charge < -0.3 is 0 Å². The van der Waals surface area contributed by atoms with E-state index in [9.17, 15) is 0 Å². The van der Waals surface area contributed by atoms with Gasteiger partial charge in [0.1, 0.15) is 0 Å². The summed E-state index contributed by atoms with van der Waals surface area (Å²) in [5.41, 5.74) is 7.48. The number of hydrogen-bond donors (Lipinski definition) is 0. The first kappa shape index (κ1) is 25.5. The molecule has 3 heterocycles. The fraction of sp³-hybridized carbons (Fsp3) is 0. The van der Waals surface area contributed by atoms with Crippen molar-refractivity contribution in [3.05, 3.63) is 152 Å². The number of aromatic nitrogens is 3. The summed E-state index contributed by atoms with van der Waals surface area (Å²) in [5.74, 6) is 0.670. The second kappa shape index (κ2) is 9.83. The molecule has 3 aromatic heterocycles. The lowest BCUT2D eigenvalue weighted by molar-refractivity contribution is 1.01. The molecule has 3 nitrogen and oxygen atoms in total. The van der Waals surface area contributed by atoms with Gasteiger partial charge in [-0.2, -0.15) is 0 Å². The van der Waals surface area contributed by atoms with Gasteiger partial charge >= 0.3 is 0 Å². The van der Waals surface area contributed by atoms with E-state index in [4.69, 9.17) is 9.97 Å². The molecule has 0 aliphatic carbocycles. The van der Waals surface area contributed by atoms with Crippen LogP contribution in [0.1, 0.15) is 0 Å². The van der Waals surface area contributed by atoms with Crippen molar-refractivity contribution in [2.45, 2.75) is 0 Å². The molecule has 0 fully saturated rings. The van der Waals surface area contributed by atoms with Gasteiger partial charge in [0.2, 0.25) is 5.95 Å². The molecule has 0 N–H and O–H groups in total. The highest BCUT2D eigenvalue weighted by Crippen LogP contribution is 2.43. The highest BCUT2D eigenvalue weighted by molar-refractivity contribution is 7.25.